The molecule has 0 bridgehead atoms. The highest BCUT2D eigenvalue weighted by Crippen LogP contribution is 2.19. The van der Waals surface area contributed by atoms with Gasteiger partial charge in [0.25, 0.3) is 5.91 Å². The fourth-order valence-electron chi connectivity index (χ4n) is 2.31. The molecule has 1 amide bonds. The molecule has 11 heteroatoms. The van der Waals surface area contributed by atoms with E-state index < -0.39 is 23.9 Å². The number of esters is 2. The second kappa shape index (κ2) is 9.90. The molecule has 2 aromatic rings. The van der Waals surface area contributed by atoms with Gasteiger partial charge in [0.2, 0.25) is 5.71 Å². The molecule has 0 aliphatic carbocycles. The molecular formula is C17H20N4O7. The van der Waals surface area contributed by atoms with Crippen LogP contribution >= 0.6 is 0 Å². The van der Waals surface area contributed by atoms with E-state index in [-0.39, 0.29) is 24.3 Å². The monoisotopic (exact) mass is 392 g/mol. The molecule has 0 spiro atoms. The molecule has 0 fully saturated rings. The van der Waals surface area contributed by atoms with Gasteiger partial charge in [0.05, 0.1) is 51.3 Å². The maximum absolute atomic E-state index is 12.5. The van der Waals surface area contributed by atoms with Crippen LogP contribution in [0.5, 0.6) is 0 Å². The molecule has 1 N–H and O–H groups in total. The summed E-state index contributed by atoms with van der Waals surface area (Å²) >= 11 is 0. The third-order valence-electron chi connectivity index (χ3n) is 3.65. The lowest BCUT2D eigenvalue weighted by Gasteiger charge is -2.15. The van der Waals surface area contributed by atoms with E-state index in [0.29, 0.717) is 5.69 Å². The standard InChI is InChI=1S/C17H20N4O7/c1-25-14(22)7-12(8-15(23)26-2)21-10-11(9-18-21)19-17(24)16(20-27-3)13-5-4-6-28-13/h4-6,9-10,12H,7-8H2,1-3H3,(H,19,24). The summed E-state index contributed by atoms with van der Waals surface area (Å²) in [5.41, 5.74) is 0.251. The van der Waals surface area contributed by atoms with E-state index in [4.69, 9.17) is 4.42 Å². The number of aromatic nitrogens is 2. The molecule has 2 rings (SSSR count). The van der Waals surface area contributed by atoms with Crippen LogP contribution in [0.2, 0.25) is 0 Å². The van der Waals surface area contributed by atoms with E-state index in [1.807, 2.05) is 0 Å². The number of furan rings is 1. The first kappa shape index (κ1) is 20.7. The Kier molecular flexibility index (Phi) is 7.31. The van der Waals surface area contributed by atoms with Gasteiger partial charge in [0.15, 0.2) is 5.76 Å². The number of methoxy groups -OCH3 is 2. The molecule has 150 valence electrons. The van der Waals surface area contributed by atoms with Crippen LogP contribution in [0, 0.1) is 0 Å². The molecule has 11 nitrogen and oxygen atoms in total. The average molecular weight is 392 g/mol. The molecular weight excluding hydrogens is 372 g/mol. The number of amides is 1. The lowest BCUT2D eigenvalue weighted by molar-refractivity contribution is -0.144. The predicted molar refractivity (Wildman–Crippen MR) is 95.4 cm³/mol. The number of hydrogen-bond acceptors (Lipinski definition) is 9. The molecule has 0 unspecified atom stereocenters. The highest BCUT2D eigenvalue weighted by atomic mass is 16.6. The van der Waals surface area contributed by atoms with Crippen molar-refractivity contribution in [3.63, 3.8) is 0 Å². The zero-order valence-corrected chi connectivity index (χ0v) is 15.6. The first-order valence-electron chi connectivity index (χ1n) is 8.12. The maximum atomic E-state index is 12.5. The maximum Gasteiger partial charge on any atom is 0.307 e. The van der Waals surface area contributed by atoms with Crippen molar-refractivity contribution in [3.8, 4) is 0 Å². The van der Waals surface area contributed by atoms with Gasteiger partial charge in [0, 0.05) is 6.20 Å². The minimum Gasteiger partial charge on any atom is -0.469 e. The van der Waals surface area contributed by atoms with Gasteiger partial charge < -0.3 is 24.0 Å². The zero-order chi connectivity index (χ0) is 20.5. The number of anilines is 1. The Morgan fingerprint density at radius 3 is 2.43 bits per heavy atom. The van der Waals surface area contributed by atoms with Crippen LogP contribution in [-0.4, -0.2) is 54.7 Å². The second-order valence-corrected chi connectivity index (χ2v) is 5.48. The van der Waals surface area contributed by atoms with Crippen LogP contribution in [0.4, 0.5) is 5.69 Å². The summed E-state index contributed by atoms with van der Waals surface area (Å²) in [4.78, 5) is 40.4. The lowest BCUT2D eigenvalue weighted by Crippen LogP contribution is -2.23. The number of oxime groups is 1. The topological polar surface area (TPSA) is 134 Å². The van der Waals surface area contributed by atoms with E-state index in [2.05, 4.69) is 29.9 Å². The number of rotatable bonds is 9. The summed E-state index contributed by atoms with van der Waals surface area (Å²) in [5.74, 6) is -1.39. The van der Waals surface area contributed by atoms with Gasteiger partial charge in [-0.05, 0) is 12.1 Å². The molecule has 2 heterocycles. The molecule has 0 aliphatic rings. The minimum absolute atomic E-state index is 0.0686. The number of nitrogens with one attached hydrogen (secondary N) is 1. The zero-order valence-electron chi connectivity index (χ0n) is 15.6. The van der Waals surface area contributed by atoms with Gasteiger partial charge in [-0.2, -0.15) is 5.10 Å². The van der Waals surface area contributed by atoms with Crippen LogP contribution in [0.3, 0.4) is 0 Å². The highest BCUT2D eigenvalue weighted by molar-refractivity contribution is 6.48. The smallest absolute Gasteiger partial charge is 0.307 e. The average Bonchev–Trinajstić information content (AvgIpc) is 3.37. The number of nitrogens with zero attached hydrogens (tertiary/aromatic N) is 3. The second-order valence-electron chi connectivity index (χ2n) is 5.48. The van der Waals surface area contributed by atoms with Crippen LogP contribution in [-0.2, 0) is 28.7 Å². The quantitative estimate of drug-likeness (QED) is 0.381. The SMILES string of the molecule is CON=C(C(=O)Nc1cnn(C(CC(=O)OC)CC(=O)OC)c1)c1ccco1. The Labute approximate surface area is 160 Å². The summed E-state index contributed by atoms with van der Waals surface area (Å²) < 4.78 is 15.8. The van der Waals surface area contributed by atoms with E-state index in [1.165, 1.54) is 44.7 Å². The fourth-order valence-corrected chi connectivity index (χ4v) is 2.31. The first-order valence-corrected chi connectivity index (χ1v) is 8.12. The van der Waals surface area contributed by atoms with Crippen molar-refractivity contribution < 1.29 is 33.1 Å². The normalized spacial score (nSPS) is 11.2. The molecule has 0 aromatic carbocycles. The van der Waals surface area contributed by atoms with Gasteiger partial charge in [-0.3, -0.25) is 19.1 Å². The van der Waals surface area contributed by atoms with Gasteiger partial charge in [-0.25, -0.2) is 0 Å². The summed E-state index contributed by atoms with van der Waals surface area (Å²) in [6, 6.07) is 2.53. The van der Waals surface area contributed by atoms with E-state index >= 15 is 0 Å². The largest absolute Gasteiger partial charge is 0.469 e. The Hall–Kier alpha value is -3.63. The van der Waals surface area contributed by atoms with Gasteiger partial charge in [-0.15, -0.1) is 0 Å². The van der Waals surface area contributed by atoms with Crippen molar-refractivity contribution in [2.75, 3.05) is 26.6 Å². The highest BCUT2D eigenvalue weighted by Gasteiger charge is 2.23. The van der Waals surface area contributed by atoms with Crippen molar-refractivity contribution in [2.45, 2.75) is 18.9 Å². The van der Waals surface area contributed by atoms with Crippen molar-refractivity contribution in [3.05, 3.63) is 36.5 Å². The Balaban J connectivity index is 2.16. The Morgan fingerprint density at radius 2 is 1.89 bits per heavy atom. The van der Waals surface area contributed by atoms with Gasteiger partial charge in [-0.1, -0.05) is 5.16 Å². The molecule has 0 radical (unpaired) electrons. The van der Waals surface area contributed by atoms with Crippen LogP contribution in [0.1, 0.15) is 24.6 Å². The van der Waals surface area contributed by atoms with E-state index in [0.717, 1.165) is 0 Å². The summed E-state index contributed by atoms with van der Waals surface area (Å²) in [6.45, 7) is 0. The summed E-state index contributed by atoms with van der Waals surface area (Å²) in [5, 5.41) is 10.4. The van der Waals surface area contributed by atoms with Crippen molar-refractivity contribution in [1.29, 1.82) is 0 Å². The first-order chi connectivity index (χ1) is 13.5. The number of carbonyl (C=O) groups is 3. The third kappa shape index (κ3) is 5.43. The van der Waals surface area contributed by atoms with Crippen molar-refractivity contribution in [1.82, 2.24) is 9.78 Å². The molecule has 2 aromatic heterocycles. The van der Waals surface area contributed by atoms with E-state index in [1.54, 1.807) is 12.1 Å². The summed E-state index contributed by atoms with van der Waals surface area (Å²) in [6.07, 6.45) is 4.05. The molecule has 0 saturated heterocycles. The predicted octanol–water partition coefficient (Wildman–Crippen LogP) is 1.13. The van der Waals surface area contributed by atoms with Gasteiger partial charge in [0.1, 0.15) is 7.11 Å². The van der Waals surface area contributed by atoms with Crippen LogP contribution in [0.25, 0.3) is 0 Å². The number of carbonyl (C=O) groups excluding carboxylic acids is 3. The molecule has 28 heavy (non-hydrogen) atoms. The summed E-state index contributed by atoms with van der Waals surface area (Å²) in [7, 11) is 3.80. The van der Waals surface area contributed by atoms with Crippen LogP contribution in [0.15, 0.2) is 40.4 Å². The van der Waals surface area contributed by atoms with E-state index in [9.17, 15) is 14.4 Å². The lowest BCUT2D eigenvalue weighted by atomic mass is 10.1. The molecule has 0 saturated carbocycles. The Bertz CT molecular complexity index is 824. The third-order valence-corrected chi connectivity index (χ3v) is 3.65. The van der Waals surface area contributed by atoms with Crippen LogP contribution < -0.4 is 5.32 Å². The Morgan fingerprint density at radius 1 is 1.21 bits per heavy atom. The van der Waals surface area contributed by atoms with Crippen molar-refractivity contribution in [2.24, 2.45) is 5.16 Å². The van der Waals surface area contributed by atoms with Crippen molar-refractivity contribution >= 4 is 29.2 Å². The van der Waals surface area contributed by atoms with Gasteiger partial charge >= 0.3 is 11.9 Å². The molecule has 0 aliphatic heterocycles. The number of hydrogen-bond donors (Lipinski definition) is 1. The molecule has 0 atom stereocenters. The fraction of sp³-hybridized carbons (Fsp3) is 0.353. The number of ether oxygens (including phenoxy) is 2. The minimum atomic E-state index is -0.636.